The van der Waals surface area contributed by atoms with Crippen LogP contribution in [-0.4, -0.2) is 28.9 Å². The van der Waals surface area contributed by atoms with E-state index in [2.05, 4.69) is 0 Å². The standard InChI is InChI=1S/C21H26O4/c1-15(2)9-12-18-19(22)13-17(14-21(18,25-3)20(23)24)11-10-16-7-5-4-6-8-16/h4-9,13,22H,10-12,14H2,1-3H3,(H,23,24). The molecular weight excluding hydrogens is 316 g/mol. The van der Waals surface area contributed by atoms with Crippen LogP contribution < -0.4 is 0 Å². The molecule has 0 amide bonds. The van der Waals surface area contributed by atoms with Crippen LogP contribution in [0.5, 0.6) is 0 Å². The first kappa shape index (κ1) is 19.0. The molecule has 0 aliphatic heterocycles. The summed E-state index contributed by atoms with van der Waals surface area (Å²) in [7, 11) is 1.39. The third-order valence-corrected chi connectivity index (χ3v) is 4.60. The zero-order chi connectivity index (χ0) is 18.4. The van der Waals surface area contributed by atoms with Crippen LogP contribution in [-0.2, 0) is 16.0 Å². The number of hydrogen-bond donors (Lipinski definition) is 2. The molecule has 0 aromatic heterocycles. The highest BCUT2D eigenvalue weighted by atomic mass is 16.5. The highest BCUT2D eigenvalue weighted by molar-refractivity contribution is 5.83. The van der Waals surface area contributed by atoms with Crippen molar-refractivity contribution in [1.29, 1.82) is 0 Å². The van der Waals surface area contributed by atoms with E-state index in [1.54, 1.807) is 6.08 Å². The number of carboxylic acids is 1. The van der Waals surface area contributed by atoms with Gasteiger partial charge in [0.2, 0.25) is 0 Å². The van der Waals surface area contributed by atoms with Crippen LogP contribution in [0, 0.1) is 0 Å². The van der Waals surface area contributed by atoms with Crippen molar-refractivity contribution in [2.24, 2.45) is 0 Å². The number of aliphatic hydroxyl groups excluding tert-OH is 1. The summed E-state index contributed by atoms with van der Waals surface area (Å²) >= 11 is 0. The van der Waals surface area contributed by atoms with Crippen LogP contribution >= 0.6 is 0 Å². The first-order valence-corrected chi connectivity index (χ1v) is 8.47. The highest BCUT2D eigenvalue weighted by Gasteiger charge is 2.46. The molecule has 2 rings (SSSR count). The van der Waals surface area contributed by atoms with Gasteiger partial charge in [-0.15, -0.1) is 0 Å². The van der Waals surface area contributed by atoms with Gasteiger partial charge >= 0.3 is 5.97 Å². The summed E-state index contributed by atoms with van der Waals surface area (Å²) in [4.78, 5) is 12.0. The molecule has 1 aromatic rings. The van der Waals surface area contributed by atoms with E-state index in [0.29, 0.717) is 18.4 Å². The maximum Gasteiger partial charge on any atom is 0.340 e. The van der Waals surface area contributed by atoms with Gasteiger partial charge in [-0.25, -0.2) is 4.79 Å². The number of aliphatic carboxylic acids is 1. The average molecular weight is 342 g/mol. The van der Waals surface area contributed by atoms with Crippen LogP contribution in [0.4, 0.5) is 0 Å². The molecule has 1 unspecified atom stereocenters. The summed E-state index contributed by atoms with van der Waals surface area (Å²) in [5.41, 5.74) is 2.03. The molecule has 0 bridgehead atoms. The molecule has 1 aromatic carbocycles. The van der Waals surface area contributed by atoms with Crippen molar-refractivity contribution < 1.29 is 19.7 Å². The number of carbonyl (C=O) groups is 1. The summed E-state index contributed by atoms with van der Waals surface area (Å²) < 4.78 is 5.45. The number of allylic oxidation sites excluding steroid dienone is 3. The maximum absolute atomic E-state index is 12.0. The van der Waals surface area contributed by atoms with Gasteiger partial charge in [0.15, 0.2) is 5.60 Å². The summed E-state index contributed by atoms with van der Waals surface area (Å²) in [5, 5.41) is 20.3. The smallest absolute Gasteiger partial charge is 0.340 e. The van der Waals surface area contributed by atoms with E-state index in [0.717, 1.165) is 17.6 Å². The van der Waals surface area contributed by atoms with E-state index in [-0.39, 0.29) is 12.2 Å². The predicted octanol–water partition coefficient (Wildman–Crippen LogP) is 4.59. The number of aryl methyl sites for hydroxylation is 1. The van der Waals surface area contributed by atoms with E-state index >= 15 is 0 Å². The van der Waals surface area contributed by atoms with Gasteiger partial charge in [-0.3, -0.25) is 0 Å². The van der Waals surface area contributed by atoms with Gasteiger partial charge in [0.05, 0.1) is 0 Å². The van der Waals surface area contributed by atoms with Gasteiger partial charge in [-0.1, -0.05) is 47.6 Å². The van der Waals surface area contributed by atoms with Crippen LogP contribution in [0.2, 0.25) is 0 Å². The fourth-order valence-corrected chi connectivity index (χ4v) is 3.14. The second kappa shape index (κ2) is 8.17. The Morgan fingerprint density at radius 1 is 1.24 bits per heavy atom. The third kappa shape index (κ3) is 4.40. The Morgan fingerprint density at radius 3 is 2.48 bits per heavy atom. The minimum absolute atomic E-state index is 0.0102. The molecule has 4 nitrogen and oxygen atoms in total. The van der Waals surface area contributed by atoms with Crippen molar-refractivity contribution in [3.8, 4) is 0 Å². The van der Waals surface area contributed by atoms with Gasteiger partial charge in [-0.2, -0.15) is 0 Å². The zero-order valence-electron chi connectivity index (χ0n) is 15.1. The summed E-state index contributed by atoms with van der Waals surface area (Å²) in [6, 6.07) is 10.0. The second-order valence-electron chi connectivity index (χ2n) is 6.65. The average Bonchev–Trinajstić information content (AvgIpc) is 2.59. The Kier molecular flexibility index (Phi) is 6.21. The van der Waals surface area contributed by atoms with Gasteiger partial charge in [0, 0.05) is 19.1 Å². The minimum Gasteiger partial charge on any atom is -0.508 e. The van der Waals surface area contributed by atoms with Gasteiger partial charge in [-0.05, 0) is 44.7 Å². The molecule has 1 aliphatic carbocycles. The maximum atomic E-state index is 12.0. The fourth-order valence-electron chi connectivity index (χ4n) is 3.14. The largest absolute Gasteiger partial charge is 0.508 e. The monoisotopic (exact) mass is 342 g/mol. The number of hydrogen-bond acceptors (Lipinski definition) is 3. The van der Waals surface area contributed by atoms with E-state index in [4.69, 9.17) is 4.74 Å². The molecule has 134 valence electrons. The Hall–Kier alpha value is -2.33. The fraction of sp³-hybridized carbons (Fsp3) is 0.381. The Labute approximate surface area is 149 Å². The first-order valence-electron chi connectivity index (χ1n) is 8.47. The predicted molar refractivity (Wildman–Crippen MR) is 98.5 cm³/mol. The highest BCUT2D eigenvalue weighted by Crippen LogP contribution is 2.39. The summed E-state index contributed by atoms with van der Waals surface area (Å²) in [5.74, 6) is -1.06. The van der Waals surface area contributed by atoms with E-state index < -0.39 is 11.6 Å². The van der Waals surface area contributed by atoms with E-state index in [9.17, 15) is 15.0 Å². The molecule has 2 N–H and O–H groups in total. The lowest BCUT2D eigenvalue weighted by Gasteiger charge is -2.34. The number of methoxy groups -OCH3 is 1. The van der Waals surface area contributed by atoms with Crippen molar-refractivity contribution in [3.63, 3.8) is 0 Å². The van der Waals surface area contributed by atoms with Crippen LogP contribution in [0.25, 0.3) is 0 Å². The molecule has 0 radical (unpaired) electrons. The number of carboxylic acid groups (broad SMARTS) is 1. The van der Waals surface area contributed by atoms with Gasteiger partial charge in [0.1, 0.15) is 5.76 Å². The molecule has 0 saturated carbocycles. The van der Waals surface area contributed by atoms with Gasteiger partial charge < -0.3 is 14.9 Å². The normalized spacial score (nSPS) is 20.2. The Bertz CT molecular complexity index is 709. The van der Waals surface area contributed by atoms with Crippen molar-refractivity contribution in [2.45, 2.75) is 45.1 Å². The first-order chi connectivity index (χ1) is 11.9. The SMILES string of the molecule is COC1(C(=O)O)CC(CCc2ccccc2)=CC(O)=C1CC=C(C)C. The molecular formula is C21H26O4. The van der Waals surface area contributed by atoms with Crippen molar-refractivity contribution in [2.75, 3.05) is 7.11 Å². The lowest BCUT2D eigenvalue weighted by molar-refractivity contribution is -0.158. The number of benzene rings is 1. The van der Waals surface area contributed by atoms with Crippen LogP contribution in [0.15, 0.2) is 65.0 Å². The topological polar surface area (TPSA) is 66.8 Å². The van der Waals surface area contributed by atoms with Crippen molar-refractivity contribution in [1.82, 2.24) is 0 Å². The van der Waals surface area contributed by atoms with Gasteiger partial charge in [0.25, 0.3) is 0 Å². The minimum atomic E-state index is -1.50. The quantitative estimate of drug-likeness (QED) is 0.711. The van der Waals surface area contributed by atoms with Crippen molar-refractivity contribution in [3.05, 3.63) is 70.5 Å². The van der Waals surface area contributed by atoms with Crippen molar-refractivity contribution >= 4 is 5.97 Å². The zero-order valence-corrected chi connectivity index (χ0v) is 15.1. The van der Waals surface area contributed by atoms with Crippen LogP contribution in [0.3, 0.4) is 0 Å². The molecule has 1 aliphatic rings. The van der Waals surface area contributed by atoms with Crippen LogP contribution in [0.1, 0.15) is 38.7 Å². The number of rotatable bonds is 7. The number of ether oxygens (including phenoxy) is 1. The lowest BCUT2D eigenvalue weighted by atomic mass is 9.78. The van der Waals surface area contributed by atoms with E-state index in [1.165, 1.54) is 12.7 Å². The Balaban J connectivity index is 2.30. The molecule has 0 saturated heterocycles. The molecule has 0 heterocycles. The Morgan fingerprint density at radius 2 is 1.92 bits per heavy atom. The second-order valence-corrected chi connectivity index (χ2v) is 6.65. The number of aliphatic hydroxyl groups is 1. The molecule has 25 heavy (non-hydrogen) atoms. The van der Waals surface area contributed by atoms with E-state index in [1.807, 2.05) is 50.3 Å². The third-order valence-electron chi connectivity index (χ3n) is 4.60. The summed E-state index contributed by atoms with van der Waals surface area (Å²) in [6.07, 6.45) is 5.70. The molecule has 0 spiro atoms. The lowest BCUT2D eigenvalue weighted by Crippen LogP contribution is -2.45. The summed E-state index contributed by atoms with van der Waals surface area (Å²) in [6.45, 7) is 3.88. The molecule has 4 heteroatoms. The molecule has 0 fully saturated rings. The molecule has 1 atom stereocenters.